The highest BCUT2D eigenvalue weighted by atomic mass is 32.2. The van der Waals surface area contributed by atoms with E-state index in [1.54, 1.807) is 24.8 Å². The van der Waals surface area contributed by atoms with Crippen LogP contribution >= 0.6 is 0 Å². The molecule has 1 saturated heterocycles. The number of nitrogens with zero attached hydrogens (tertiary/aromatic N) is 4. The fourth-order valence-corrected chi connectivity index (χ4v) is 5.42. The molecule has 0 saturated carbocycles. The molecule has 1 amide bonds. The number of carbonyl (C=O) groups is 1. The zero-order valence-electron chi connectivity index (χ0n) is 16.3. The van der Waals surface area contributed by atoms with Crippen LogP contribution in [-0.2, 0) is 10.0 Å². The summed E-state index contributed by atoms with van der Waals surface area (Å²) in [5.41, 5.74) is 1.47. The van der Waals surface area contributed by atoms with Gasteiger partial charge in [0.05, 0.1) is 5.52 Å². The van der Waals surface area contributed by atoms with Crippen molar-refractivity contribution >= 4 is 26.8 Å². The van der Waals surface area contributed by atoms with Gasteiger partial charge in [0.2, 0.25) is 10.0 Å². The maximum Gasteiger partial charge on any atom is 0.272 e. The number of fused-ring (bicyclic) bond motifs is 1. The van der Waals surface area contributed by atoms with E-state index >= 15 is 0 Å². The lowest BCUT2D eigenvalue weighted by molar-refractivity contribution is 0.0759. The highest BCUT2D eigenvalue weighted by molar-refractivity contribution is 7.89. The highest BCUT2D eigenvalue weighted by Gasteiger charge is 2.33. The number of hydrogen-bond acceptors (Lipinski definition) is 6. The van der Waals surface area contributed by atoms with Gasteiger partial charge in [0, 0.05) is 31.6 Å². The average molecular weight is 414 g/mol. The quantitative estimate of drug-likeness (QED) is 0.653. The Hall–Kier alpha value is -2.78. The van der Waals surface area contributed by atoms with E-state index in [0.29, 0.717) is 37.4 Å². The number of para-hydroxylation sites is 1. The number of sulfonamides is 1. The number of benzene rings is 1. The van der Waals surface area contributed by atoms with Crippen molar-refractivity contribution in [3.05, 3.63) is 53.5 Å². The number of hydrogen-bond donors (Lipinski definition) is 0. The molecule has 0 bridgehead atoms. The molecule has 9 heteroatoms. The molecule has 3 heterocycles. The topological polar surface area (TPSA) is 96.6 Å². The van der Waals surface area contributed by atoms with Crippen LogP contribution in [0, 0.1) is 13.8 Å². The first-order chi connectivity index (χ1) is 13.9. The van der Waals surface area contributed by atoms with Crippen molar-refractivity contribution in [3.63, 3.8) is 0 Å². The molecular weight excluding hydrogens is 392 g/mol. The van der Waals surface area contributed by atoms with Gasteiger partial charge in [-0.3, -0.25) is 4.79 Å². The maximum absolute atomic E-state index is 13.0. The minimum atomic E-state index is -3.72. The molecule has 3 aromatic rings. The normalized spacial score (nSPS) is 16.1. The van der Waals surface area contributed by atoms with E-state index in [-0.39, 0.29) is 23.1 Å². The molecule has 29 heavy (non-hydrogen) atoms. The smallest absolute Gasteiger partial charge is 0.272 e. The van der Waals surface area contributed by atoms with Crippen molar-refractivity contribution in [1.29, 1.82) is 0 Å². The summed E-state index contributed by atoms with van der Waals surface area (Å²) in [6.07, 6.45) is 0.544. The fraction of sp³-hybridized carbons (Fsp3) is 0.350. The Morgan fingerprint density at radius 3 is 2.59 bits per heavy atom. The molecule has 0 spiro atoms. The first kappa shape index (κ1) is 19.5. The van der Waals surface area contributed by atoms with Crippen LogP contribution in [0.2, 0.25) is 0 Å². The van der Waals surface area contributed by atoms with Crippen molar-refractivity contribution in [3.8, 4) is 0 Å². The highest BCUT2D eigenvalue weighted by Crippen LogP contribution is 2.24. The van der Waals surface area contributed by atoms with Crippen molar-refractivity contribution in [2.24, 2.45) is 0 Å². The van der Waals surface area contributed by atoms with E-state index in [4.69, 9.17) is 4.52 Å². The monoisotopic (exact) mass is 414 g/mol. The van der Waals surface area contributed by atoms with Gasteiger partial charge < -0.3 is 9.42 Å². The molecular formula is C20H22N4O4S. The van der Waals surface area contributed by atoms with Gasteiger partial charge in [-0.15, -0.1) is 0 Å². The number of carbonyl (C=O) groups excluding carboxylic acids is 1. The molecule has 1 aliphatic rings. The van der Waals surface area contributed by atoms with Crippen LogP contribution in [0.3, 0.4) is 0 Å². The summed E-state index contributed by atoms with van der Waals surface area (Å²) in [7, 11) is -3.72. The summed E-state index contributed by atoms with van der Waals surface area (Å²) in [5, 5.41) is 4.72. The van der Waals surface area contributed by atoms with Crippen LogP contribution < -0.4 is 0 Å². The summed E-state index contributed by atoms with van der Waals surface area (Å²) in [5.74, 6) is 0.0902. The summed E-state index contributed by atoms with van der Waals surface area (Å²) in [4.78, 5) is 19.2. The maximum atomic E-state index is 13.0. The van der Waals surface area contributed by atoms with Crippen LogP contribution in [-0.4, -0.2) is 59.8 Å². The fourth-order valence-electron chi connectivity index (χ4n) is 3.66. The summed E-state index contributed by atoms with van der Waals surface area (Å²) in [6.45, 7) is 4.53. The lowest BCUT2D eigenvalue weighted by atomic mass is 10.2. The molecule has 2 aromatic heterocycles. The van der Waals surface area contributed by atoms with Crippen LogP contribution in [0.15, 0.2) is 45.8 Å². The Bertz CT molecular complexity index is 1150. The Kier molecular flexibility index (Phi) is 5.10. The lowest BCUT2D eigenvalue weighted by Gasteiger charge is -2.21. The van der Waals surface area contributed by atoms with Gasteiger partial charge >= 0.3 is 0 Å². The minimum Gasteiger partial charge on any atom is -0.360 e. The Morgan fingerprint density at radius 1 is 1.03 bits per heavy atom. The van der Waals surface area contributed by atoms with Crippen LogP contribution in [0.5, 0.6) is 0 Å². The molecule has 8 nitrogen and oxygen atoms in total. The van der Waals surface area contributed by atoms with Crippen molar-refractivity contribution < 1.29 is 17.7 Å². The Morgan fingerprint density at radius 2 is 1.83 bits per heavy atom. The second-order valence-corrected chi connectivity index (χ2v) is 8.97. The lowest BCUT2D eigenvalue weighted by Crippen LogP contribution is -2.37. The molecule has 0 atom stereocenters. The van der Waals surface area contributed by atoms with Gasteiger partial charge in [-0.1, -0.05) is 29.4 Å². The van der Waals surface area contributed by atoms with Crippen molar-refractivity contribution in [2.75, 3.05) is 26.2 Å². The number of amides is 1. The SMILES string of the molecule is Cc1noc(C)c1S(=O)(=O)N1CCCN(C(=O)c2ccc3ccccc3n2)CC1. The standard InChI is InChI=1S/C20H22N4O4S/c1-14-19(15(2)28-22-14)29(26,27)24-11-5-10-23(12-13-24)20(25)18-9-8-16-6-3-4-7-17(16)21-18/h3-4,6-9H,5,10-13H2,1-2H3. The summed E-state index contributed by atoms with van der Waals surface area (Å²) in [6, 6.07) is 11.2. The van der Waals surface area contributed by atoms with Gasteiger partial charge in [-0.25, -0.2) is 13.4 Å². The van der Waals surface area contributed by atoms with Crippen LogP contribution in [0.25, 0.3) is 10.9 Å². The number of aryl methyl sites for hydroxylation is 2. The molecule has 0 N–H and O–H groups in total. The van der Waals surface area contributed by atoms with E-state index < -0.39 is 10.0 Å². The summed E-state index contributed by atoms with van der Waals surface area (Å²) < 4.78 is 32.5. The Labute approximate surface area is 169 Å². The third-order valence-electron chi connectivity index (χ3n) is 5.13. The molecule has 1 fully saturated rings. The predicted molar refractivity (Wildman–Crippen MR) is 107 cm³/mol. The molecule has 1 aromatic carbocycles. The zero-order valence-corrected chi connectivity index (χ0v) is 17.1. The molecule has 0 unspecified atom stereocenters. The first-order valence-electron chi connectivity index (χ1n) is 9.46. The third kappa shape index (κ3) is 3.63. The Balaban J connectivity index is 1.53. The zero-order chi connectivity index (χ0) is 20.6. The van der Waals surface area contributed by atoms with Gasteiger partial charge in [0.1, 0.15) is 16.3 Å². The summed E-state index contributed by atoms with van der Waals surface area (Å²) >= 11 is 0. The van der Waals surface area contributed by atoms with Gasteiger partial charge in [0.15, 0.2) is 5.76 Å². The van der Waals surface area contributed by atoms with Gasteiger partial charge in [0.25, 0.3) is 5.91 Å². The minimum absolute atomic E-state index is 0.119. The predicted octanol–water partition coefficient (Wildman–Crippen LogP) is 2.38. The average Bonchev–Trinajstić information content (AvgIpc) is 2.92. The van der Waals surface area contributed by atoms with E-state index in [2.05, 4.69) is 10.1 Å². The molecule has 1 aliphatic heterocycles. The molecule has 0 aliphatic carbocycles. The van der Waals surface area contributed by atoms with Gasteiger partial charge in [-0.2, -0.15) is 4.31 Å². The van der Waals surface area contributed by atoms with Crippen molar-refractivity contribution in [2.45, 2.75) is 25.2 Å². The van der Waals surface area contributed by atoms with E-state index in [0.717, 1.165) is 10.9 Å². The first-order valence-corrected chi connectivity index (χ1v) is 10.9. The second-order valence-electron chi connectivity index (χ2n) is 7.09. The van der Waals surface area contributed by atoms with Crippen LogP contribution in [0.1, 0.15) is 28.4 Å². The third-order valence-corrected chi connectivity index (χ3v) is 7.27. The number of pyridine rings is 1. The van der Waals surface area contributed by atoms with Crippen molar-refractivity contribution in [1.82, 2.24) is 19.3 Å². The van der Waals surface area contributed by atoms with Crippen LogP contribution in [0.4, 0.5) is 0 Å². The molecule has 4 rings (SSSR count). The molecule has 152 valence electrons. The largest absolute Gasteiger partial charge is 0.360 e. The second kappa shape index (κ2) is 7.57. The molecule has 0 radical (unpaired) electrons. The van der Waals surface area contributed by atoms with Gasteiger partial charge in [-0.05, 0) is 32.4 Å². The number of rotatable bonds is 3. The number of aromatic nitrogens is 2. The van der Waals surface area contributed by atoms with E-state index in [1.807, 2.05) is 30.3 Å². The van der Waals surface area contributed by atoms with E-state index in [9.17, 15) is 13.2 Å². The van der Waals surface area contributed by atoms with E-state index in [1.165, 1.54) is 4.31 Å².